The number of thioether (sulfide) groups is 1. The van der Waals surface area contributed by atoms with Crippen LogP contribution in [0.25, 0.3) is 0 Å². The normalized spacial score (nSPS) is 10.3. The zero-order chi connectivity index (χ0) is 11.2. The third kappa shape index (κ3) is 3.50. The second-order valence-electron chi connectivity index (χ2n) is 3.23. The molecule has 2 aromatic rings. The van der Waals surface area contributed by atoms with Crippen LogP contribution in [0.1, 0.15) is 5.01 Å². The molecule has 0 amide bonds. The quantitative estimate of drug-likeness (QED) is 0.654. The topological polar surface area (TPSA) is 37.8 Å². The summed E-state index contributed by atoms with van der Waals surface area (Å²) < 4.78 is 1.05. The summed E-state index contributed by atoms with van der Waals surface area (Å²) in [6.45, 7) is 2.91. The number of benzene rings is 1. The lowest BCUT2D eigenvalue weighted by Gasteiger charge is -2.03. The maximum Gasteiger partial charge on any atom is 0.174 e. The van der Waals surface area contributed by atoms with Crippen LogP contribution in [0.15, 0.2) is 34.7 Å². The van der Waals surface area contributed by atoms with Gasteiger partial charge in [-0.3, -0.25) is 0 Å². The van der Waals surface area contributed by atoms with Crippen LogP contribution in [-0.4, -0.2) is 22.5 Å². The first-order valence-electron chi connectivity index (χ1n) is 5.06. The van der Waals surface area contributed by atoms with Crippen molar-refractivity contribution in [2.24, 2.45) is 0 Å². The highest BCUT2D eigenvalue weighted by Crippen LogP contribution is 2.21. The Kier molecular flexibility index (Phi) is 4.18. The largest absolute Gasteiger partial charge is 0.384 e. The van der Waals surface area contributed by atoms with Gasteiger partial charge in [0.15, 0.2) is 4.34 Å². The molecular formula is C11H13N3S2. The maximum absolute atomic E-state index is 4.06. The fourth-order valence-corrected chi connectivity index (χ4v) is 2.97. The van der Waals surface area contributed by atoms with Crippen molar-refractivity contribution in [3.63, 3.8) is 0 Å². The van der Waals surface area contributed by atoms with E-state index in [-0.39, 0.29) is 0 Å². The first-order valence-corrected chi connectivity index (χ1v) is 6.86. The number of hydrogen-bond donors (Lipinski definition) is 1. The molecule has 2 rings (SSSR count). The summed E-state index contributed by atoms with van der Waals surface area (Å²) in [7, 11) is 0. The Bertz CT molecular complexity index is 428. The molecule has 0 spiro atoms. The SMILES string of the molecule is Cc1nnc(SCCNc2ccccc2)s1. The highest BCUT2D eigenvalue weighted by atomic mass is 32.2. The molecule has 0 aliphatic carbocycles. The summed E-state index contributed by atoms with van der Waals surface area (Å²) >= 11 is 3.39. The van der Waals surface area contributed by atoms with E-state index in [1.807, 2.05) is 25.1 Å². The molecule has 0 fully saturated rings. The van der Waals surface area contributed by atoms with Gasteiger partial charge in [-0.25, -0.2) is 0 Å². The van der Waals surface area contributed by atoms with Gasteiger partial charge < -0.3 is 5.32 Å². The van der Waals surface area contributed by atoms with Crippen molar-refractivity contribution in [3.8, 4) is 0 Å². The Morgan fingerprint density at radius 3 is 2.75 bits per heavy atom. The van der Waals surface area contributed by atoms with Gasteiger partial charge in [-0.1, -0.05) is 41.3 Å². The van der Waals surface area contributed by atoms with Crippen LogP contribution in [0.2, 0.25) is 0 Å². The fourth-order valence-electron chi connectivity index (χ4n) is 1.23. The molecule has 3 nitrogen and oxygen atoms in total. The number of rotatable bonds is 5. The lowest BCUT2D eigenvalue weighted by atomic mass is 10.3. The second-order valence-corrected chi connectivity index (χ2v) is 5.75. The van der Waals surface area contributed by atoms with Gasteiger partial charge in [-0.05, 0) is 19.1 Å². The molecule has 0 radical (unpaired) electrons. The van der Waals surface area contributed by atoms with Crippen molar-refractivity contribution in [2.75, 3.05) is 17.6 Å². The summed E-state index contributed by atoms with van der Waals surface area (Å²) in [6, 6.07) is 10.2. The molecule has 16 heavy (non-hydrogen) atoms. The monoisotopic (exact) mass is 251 g/mol. The lowest BCUT2D eigenvalue weighted by molar-refractivity contribution is 0.983. The highest BCUT2D eigenvalue weighted by Gasteiger charge is 2.00. The lowest BCUT2D eigenvalue weighted by Crippen LogP contribution is -2.03. The van der Waals surface area contributed by atoms with Crippen LogP contribution < -0.4 is 5.32 Å². The number of aromatic nitrogens is 2. The average Bonchev–Trinajstić information content (AvgIpc) is 2.72. The summed E-state index contributed by atoms with van der Waals surface area (Å²) in [5, 5.41) is 12.4. The van der Waals surface area contributed by atoms with Crippen molar-refractivity contribution in [1.29, 1.82) is 0 Å². The Morgan fingerprint density at radius 2 is 2.06 bits per heavy atom. The molecule has 84 valence electrons. The third-order valence-electron chi connectivity index (χ3n) is 1.94. The molecule has 5 heteroatoms. The van der Waals surface area contributed by atoms with Crippen LogP contribution in [0.3, 0.4) is 0 Å². The zero-order valence-electron chi connectivity index (χ0n) is 9.01. The van der Waals surface area contributed by atoms with Gasteiger partial charge in [0.1, 0.15) is 5.01 Å². The molecule has 0 aliphatic heterocycles. The number of nitrogens with one attached hydrogen (secondary N) is 1. The van der Waals surface area contributed by atoms with E-state index in [1.54, 1.807) is 23.1 Å². The van der Waals surface area contributed by atoms with Crippen LogP contribution in [0, 0.1) is 6.92 Å². The molecule has 1 aromatic heterocycles. The van der Waals surface area contributed by atoms with Crippen LogP contribution in [0.5, 0.6) is 0 Å². The maximum atomic E-state index is 4.06. The van der Waals surface area contributed by atoms with E-state index < -0.39 is 0 Å². The Morgan fingerprint density at radius 1 is 1.25 bits per heavy atom. The molecule has 0 unspecified atom stereocenters. The van der Waals surface area contributed by atoms with Gasteiger partial charge in [0.2, 0.25) is 0 Å². The predicted octanol–water partition coefficient (Wildman–Crippen LogP) is 3.05. The number of nitrogens with zero attached hydrogens (tertiary/aromatic N) is 2. The standard InChI is InChI=1S/C11H13N3S2/c1-9-13-14-11(16-9)15-8-7-12-10-5-3-2-4-6-10/h2-6,12H,7-8H2,1H3. The first-order chi connectivity index (χ1) is 7.84. The fraction of sp³-hybridized carbons (Fsp3) is 0.273. The summed E-state index contributed by atoms with van der Waals surface area (Å²) in [5.41, 5.74) is 1.16. The number of aryl methyl sites for hydroxylation is 1. The molecule has 1 aromatic carbocycles. The predicted molar refractivity (Wildman–Crippen MR) is 70.3 cm³/mol. The van der Waals surface area contributed by atoms with Crippen LogP contribution >= 0.6 is 23.1 Å². The number of para-hydroxylation sites is 1. The van der Waals surface area contributed by atoms with Crippen molar-refractivity contribution in [3.05, 3.63) is 35.3 Å². The van der Waals surface area contributed by atoms with Crippen LogP contribution in [0.4, 0.5) is 5.69 Å². The van der Waals surface area contributed by atoms with E-state index >= 15 is 0 Å². The van der Waals surface area contributed by atoms with Gasteiger partial charge in [0.25, 0.3) is 0 Å². The Labute approximate surface area is 103 Å². The van der Waals surface area contributed by atoms with Crippen molar-refractivity contribution >= 4 is 28.8 Å². The highest BCUT2D eigenvalue weighted by molar-refractivity contribution is 8.01. The average molecular weight is 251 g/mol. The molecule has 0 aliphatic rings. The summed E-state index contributed by atoms with van der Waals surface area (Å²) in [4.78, 5) is 0. The van der Waals surface area contributed by atoms with E-state index in [4.69, 9.17) is 0 Å². The smallest absolute Gasteiger partial charge is 0.174 e. The van der Waals surface area contributed by atoms with Crippen molar-refractivity contribution in [2.45, 2.75) is 11.3 Å². The van der Waals surface area contributed by atoms with Gasteiger partial charge in [-0.2, -0.15) is 0 Å². The van der Waals surface area contributed by atoms with E-state index in [2.05, 4.69) is 27.6 Å². The Hall–Kier alpha value is -1.07. The Balaban J connectivity index is 1.69. The zero-order valence-corrected chi connectivity index (χ0v) is 10.6. The molecular weight excluding hydrogens is 238 g/mol. The molecule has 0 atom stereocenters. The van der Waals surface area contributed by atoms with E-state index in [0.717, 1.165) is 27.3 Å². The van der Waals surface area contributed by atoms with Gasteiger partial charge in [0, 0.05) is 18.0 Å². The van der Waals surface area contributed by atoms with Crippen molar-refractivity contribution < 1.29 is 0 Å². The van der Waals surface area contributed by atoms with Gasteiger partial charge in [-0.15, -0.1) is 10.2 Å². The number of hydrogen-bond acceptors (Lipinski definition) is 5. The van der Waals surface area contributed by atoms with E-state index in [9.17, 15) is 0 Å². The summed E-state index contributed by atoms with van der Waals surface area (Å²) in [5.74, 6) is 1.00. The molecule has 0 saturated carbocycles. The van der Waals surface area contributed by atoms with E-state index in [1.165, 1.54) is 0 Å². The third-order valence-corrected chi connectivity index (χ3v) is 3.91. The second kappa shape index (κ2) is 5.86. The number of anilines is 1. The van der Waals surface area contributed by atoms with Gasteiger partial charge in [0.05, 0.1) is 0 Å². The molecule has 1 heterocycles. The van der Waals surface area contributed by atoms with Crippen LogP contribution in [-0.2, 0) is 0 Å². The molecule has 0 bridgehead atoms. The minimum atomic E-state index is 0.938. The van der Waals surface area contributed by atoms with E-state index in [0.29, 0.717) is 0 Å². The summed E-state index contributed by atoms with van der Waals surface area (Å²) in [6.07, 6.45) is 0. The minimum Gasteiger partial charge on any atom is -0.384 e. The molecule has 1 N–H and O–H groups in total. The van der Waals surface area contributed by atoms with Gasteiger partial charge >= 0.3 is 0 Å². The van der Waals surface area contributed by atoms with Crippen molar-refractivity contribution in [1.82, 2.24) is 10.2 Å². The minimum absolute atomic E-state index is 0.938. The first kappa shape index (κ1) is 11.4. The molecule has 0 saturated heterocycles.